The molecule has 53 heavy (non-hydrogen) atoms. The number of anilines is 1. The zero-order valence-corrected chi connectivity index (χ0v) is 32.9. The number of nitrogens with two attached hydrogens (primary N) is 1. The molecule has 3 aliphatic carbocycles. The highest BCUT2D eigenvalue weighted by molar-refractivity contribution is 6.30. The molecule has 2 aromatic carbocycles. The van der Waals surface area contributed by atoms with Gasteiger partial charge >= 0.3 is 0 Å². The summed E-state index contributed by atoms with van der Waals surface area (Å²) >= 11 is 12.3. The van der Waals surface area contributed by atoms with E-state index in [1.165, 1.54) is 31.7 Å². The maximum absolute atomic E-state index is 13.1. The molecule has 1 aromatic heterocycles. The van der Waals surface area contributed by atoms with Gasteiger partial charge in [-0.25, -0.2) is 4.98 Å². The van der Waals surface area contributed by atoms with E-state index in [1.807, 2.05) is 49.4 Å². The number of nitrogens with one attached hydrogen (secondary N) is 3. The Kier molecular flexibility index (Phi) is 14.6. The van der Waals surface area contributed by atoms with Crippen molar-refractivity contribution in [3.8, 4) is 0 Å². The van der Waals surface area contributed by atoms with Crippen molar-refractivity contribution in [2.45, 2.75) is 97.1 Å². The Hall–Kier alpha value is -3.66. The third-order valence-corrected chi connectivity index (χ3v) is 11.3. The van der Waals surface area contributed by atoms with E-state index in [9.17, 15) is 14.4 Å². The van der Waals surface area contributed by atoms with Gasteiger partial charge in [0, 0.05) is 46.2 Å². The summed E-state index contributed by atoms with van der Waals surface area (Å²) in [6.07, 6.45) is 15.4. The SMILES string of the molecule is CC1(C)C=C1.Cc1cc(=O)[nH]c(N2CCC(C(=O)NC(c3cccc(Cl)c3)C3CCCC3)CC2)n1.NCC(=O)NC(c1cccc(Cl)c1)C1CCCC1. The van der Waals surface area contributed by atoms with Crippen LogP contribution in [0, 0.1) is 30.1 Å². The fourth-order valence-corrected chi connectivity index (χ4v) is 8.06. The number of allylic oxidation sites excluding steroid dienone is 2. The van der Waals surface area contributed by atoms with E-state index in [4.69, 9.17) is 28.9 Å². The number of H-pyrrole nitrogens is 1. The lowest BCUT2D eigenvalue weighted by atomic mass is 9.89. The first-order valence-corrected chi connectivity index (χ1v) is 20.0. The molecule has 2 saturated carbocycles. The van der Waals surface area contributed by atoms with Crippen LogP contribution in [-0.2, 0) is 9.59 Å². The Morgan fingerprint density at radius 3 is 1.77 bits per heavy atom. The molecule has 11 heteroatoms. The third-order valence-electron chi connectivity index (χ3n) is 10.8. The maximum atomic E-state index is 13.1. The van der Waals surface area contributed by atoms with Crippen molar-refractivity contribution in [3.05, 3.63) is 104 Å². The van der Waals surface area contributed by atoms with Gasteiger partial charge in [-0.1, -0.05) is 99.2 Å². The fourth-order valence-electron chi connectivity index (χ4n) is 7.66. The number of aromatic nitrogens is 2. The van der Waals surface area contributed by atoms with Crippen molar-refractivity contribution in [1.29, 1.82) is 0 Å². The molecule has 2 heterocycles. The monoisotopic (exact) mass is 762 g/mol. The molecule has 9 nitrogen and oxygen atoms in total. The van der Waals surface area contributed by atoms with Crippen LogP contribution >= 0.6 is 23.2 Å². The first kappa shape index (κ1) is 40.5. The fraction of sp³-hybridized carbons (Fsp3) is 0.524. The number of aromatic amines is 1. The summed E-state index contributed by atoms with van der Waals surface area (Å²) in [6, 6.07) is 17.2. The standard InChI is InChI=1S/C23H29ClN4O2.C14H19ClN2O.C5H8/c1-15-13-20(29)26-23(25-15)28-11-9-17(10-12-28)22(30)27-21(16-5-2-3-6-16)18-7-4-8-19(24)14-18;15-12-7-3-6-11(8-12)14(17-13(18)9-16)10-4-1-2-5-10;1-5(2)3-4-5/h4,7-8,13-14,16-17,21H,2-3,5-6,9-12H2,1H3,(H,27,30)(H,25,26,29);3,6-8,10,14H,1-2,4-5,9,16H2,(H,17,18);3-4H,1-2H3. The molecule has 3 fully saturated rings. The number of amides is 2. The lowest BCUT2D eigenvalue weighted by molar-refractivity contribution is -0.126. The van der Waals surface area contributed by atoms with Gasteiger partial charge in [-0.2, -0.15) is 0 Å². The second-order valence-electron chi connectivity index (χ2n) is 15.6. The lowest BCUT2D eigenvalue weighted by Crippen LogP contribution is -2.43. The van der Waals surface area contributed by atoms with Crippen LogP contribution in [-0.4, -0.2) is 41.4 Å². The Labute approximate surface area is 324 Å². The van der Waals surface area contributed by atoms with Crippen LogP contribution in [0.25, 0.3) is 0 Å². The number of carbonyl (C=O) groups excluding carboxylic acids is 2. The van der Waals surface area contributed by atoms with E-state index in [-0.39, 0.29) is 41.9 Å². The molecule has 1 saturated heterocycles. The number of rotatable bonds is 9. The van der Waals surface area contributed by atoms with Gasteiger partial charge in [0.15, 0.2) is 0 Å². The molecule has 3 aromatic rings. The molecule has 286 valence electrons. The maximum Gasteiger partial charge on any atom is 0.252 e. The quantitative estimate of drug-likeness (QED) is 0.163. The molecule has 7 rings (SSSR count). The number of hydrogen-bond acceptors (Lipinski definition) is 6. The van der Waals surface area contributed by atoms with Gasteiger partial charge in [0.05, 0.1) is 18.6 Å². The predicted octanol–water partition coefficient (Wildman–Crippen LogP) is 8.22. The minimum absolute atomic E-state index is 0.0199. The number of aryl methyl sites for hydroxylation is 1. The van der Waals surface area contributed by atoms with E-state index in [0.717, 1.165) is 49.7 Å². The highest BCUT2D eigenvalue weighted by Gasteiger charge is 2.32. The first-order valence-electron chi connectivity index (χ1n) is 19.2. The summed E-state index contributed by atoms with van der Waals surface area (Å²) in [4.78, 5) is 45.7. The highest BCUT2D eigenvalue weighted by atomic mass is 35.5. The number of hydrogen-bond donors (Lipinski definition) is 4. The minimum atomic E-state index is -0.140. The van der Waals surface area contributed by atoms with Crippen LogP contribution < -0.4 is 26.8 Å². The van der Waals surface area contributed by atoms with E-state index in [0.29, 0.717) is 52.0 Å². The van der Waals surface area contributed by atoms with Gasteiger partial charge in [-0.05, 0) is 92.7 Å². The van der Waals surface area contributed by atoms with Crippen molar-refractivity contribution in [2.75, 3.05) is 24.5 Å². The van der Waals surface area contributed by atoms with Crippen LogP contribution in [0.15, 0.2) is 71.5 Å². The van der Waals surface area contributed by atoms with Crippen molar-refractivity contribution in [3.63, 3.8) is 0 Å². The molecular weight excluding hydrogens is 707 g/mol. The Morgan fingerprint density at radius 2 is 1.34 bits per heavy atom. The smallest absolute Gasteiger partial charge is 0.252 e. The second kappa shape index (κ2) is 19.1. The average molecular weight is 764 g/mol. The van der Waals surface area contributed by atoms with Crippen LogP contribution in [0.1, 0.15) is 107 Å². The zero-order chi connectivity index (χ0) is 38.0. The number of nitrogens with zero attached hydrogens (tertiary/aromatic N) is 2. The number of carbonyl (C=O) groups is 2. The van der Waals surface area contributed by atoms with Crippen LogP contribution in [0.3, 0.4) is 0 Å². The van der Waals surface area contributed by atoms with Crippen molar-refractivity contribution < 1.29 is 9.59 Å². The second-order valence-corrected chi connectivity index (χ2v) is 16.4. The molecule has 0 bridgehead atoms. The molecule has 5 N–H and O–H groups in total. The predicted molar refractivity (Wildman–Crippen MR) is 215 cm³/mol. The summed E-state index contributed by atoms with van der Waals surface area (Å²) in [5.74, 6) is 1.56. The molecule has 2 unspecified atom stereocenters. The topological polar surface area (TPSA) is 133 Å². The molecule has 1 aliphatic heterocycles. The van der Waals surface area contributed by atoms with Crippen molar-refractivity contribution >= 4 is 41.0 Å². The van der Waals surface area contributed by atoms with Gasteiger partial charge in [-0.3, -0.25) is 19.4 Å². The van der Waals surface area contributed by atoms with Gasteiger partial charge in [0.1, 0.15) is 0 Å². The van der Waals surface area contributed by atoms with Crippen LogP contribution in [0.5, 0.6) is 0 Å². The molecular formula is C42H56Cl2N6O3. The van der Waals surface area contributed by atoms with Gasteiger partial charge in [0.25, 0.3) is 5.56 Å². The molecule has 4 aliphatic rings. The summed E-state index contributed by atoms with van der Waals surface area (Å²) in [7, 11) is 0. The van der Waals surface area contributed by atoms with Crippen LogP contribution in [0.4, 0.5) is 5.95 Å². The van der Waals surface area contributed by atoms with E-state index >= 15 is 0 Å². The lowest BCUT2D eigenvalue weighted by Gasteiger charge is -2.33. The van der Waals surface area contributed by atoms with Crippen LogP contribution in [0.2, 0.25) is 10.0 Å². The van der Waals surface area contributed by atoms with Gasteiger partial charge < -0.3 is 21.3 Å². The highest BCUT2D eigenvalue weighted by Crippen LogP contribution is 2.38. The summed E-state index contributed by atoms with van der Waals surface area (Å²) in [5, 5.41) is 7.80. The molecule has 0 spiro atoms. The number of benzene rings is 2. The largest absolute Gasteiger partial charge is 0.349 e. The number of piperidine rings is 1. The number of halogens is 2. The van der Waals surface area contributed by atoms with Crippen molar-refractivity contribution in [1.82, 2.24) is 20.6 Å². The average Bonchev–Trinajstić information content (AvgIpc) is 3.53. The summed E-state index contributed by atoms with van der Waals surface area (Å²) < 4.78 is 0. The molecule has 2 amide bonds. The van der Waals surface area contributed by atoms with Gasteiger partial charge in [0.2, 0.25) is 17.8 Å². The first-order chi connectivity index (χ1) is 25.4. The van der Waals surface area contributed by atoms with Crippen molar-refractivity contribution in [2.24, 2.45) is 28.9 Å². The summed E-state index contributed by atoms with van der Waals surface area (Å²) in [6.45, 7) is 7.63. The van der Waals surface area contributed by atoms with E-state index in [2.05, 4.69) is 57.6 Å². The Morgan fingerprint density at radius 1 is 0.849 bits per heavy atom. The zero-order valence-electron chi connectivity index (χ0n) is 31.4. The third kappa shape index (κ3) is 12.4. The molecule has 0 radical (unpaired) electrons. The summed E-state index contributed by atoms with van der Waals surface area (Å²) in [5.41, 5.74) is 8.63. The van der Waals surface area contributed by atoms with E-state index < -0.39 is 0 Å². The normalized spacial score (nSPS) is 19.3. The molecule has 2 atom stereocenters. The minimum Gasteiger partial charge on any atom is -0.349 e. The Bertz CT molecular complexity index is 1750. The van der Waals surface area contributed by atoms with Gasteiger partial charge in [-0.15, -0.1) is 0 Å². The van der Waals surface area contributed by atoms with E-state index in [1.54, 1.807) is 0 Å². The Balaban J connectivity index is 0.000000198.